The van der Waals surface area contributed by atoms with Gasteiger partial charge in [0.25, 0.3) is 0 Å². The van der Waals surface area contributed by atoms with Crippen LogP contribution in [0.2, 0.25) is 0 Å². The first kappa shape index (κ1) is 13.0. The molecular weight excluding hydrogens is 196 g/mol. The molecule has 1 aromatic carbocycles. The summed E-state index contributed by atoms with van der Waals surface area (Å²) in [7, 11) is 0. The summed E-state index contributed by atoms with van der Waals surface area (Å²) in [5.41, 5.74) is 2.59. The Morgan fingerprint density at radius 1 is 1.19 bits per heavy atom. The van der Waals surface area contributed by atoms with Crippen molar-refractivity contribution in [3.05, 3.63) is 35.4 Å². The summed E-state index contributed by atoms with van der Waals surface area (Å²) in [6.07, 6.45) is 3.93. The Morgan fingerprint density at radius 3 is 2.31 bits per heavy atom. The molecule has 88 valence electrons. The fourth-order valence-electron chi connectivity index (χ4n) is 2.11. The van der Waals surface area contributed by atoms with Gasteiger partial charge in [-0.3, -0.25) is 4.79 Å². The van der Waals surface area contributed by atoms with Crippen LogP contribution in [0, 0.1) is 12.8 Å². The number of rotatable bonds is 2. The van der Waals surface area contributed by atoms with Crippen LogP contribution >= 0.6 is 0 Å². The lowest BCUT2D eigenvalue weighted by Gasteiger charge is -2.07. The van der Waals surface area contributed by atoms with Crippen molar-refractivity contribution in [2.24, 2.45) is 5.92 Å². The van der Waals surface area contributed by atoms with Gasteiger partial charge in [0.2, 0.25) is 0 Å². The van der Waals surface area contributed by atoms with Crippen LogP contribution in [0.15, 0.2) is 24.3 Å². The van der Waals surface area contributed by atoms with E-state index in [4.69, 9.17) is 0 Å². The third-order valence-corrected chi connectivity index (χ3v) is 3.03. The summed E-state index contributed by atoms with van der Waals surface area (Å²) in [5, 5.41) is 0. The van der Waals surface area contributed by atoms with Gasteiger partial charge in [-0.1, -0.05) is 43.7 Å². The molecule has 1 aliphatic carbocycles. The molecule has 0 spiro atoms. The van der Waals surface area contributed by atoms with E-state index in [0.717, 1.165) is 25.7 Å². The van der Waals surface area contributed by atoms with E-state index in [1.54, 1.807) is 0 Å². The first-order valence-corrected chi connectivity index (χ1v) is 6.34. The van der Waals surface area contributed by atoms with Crippen molar-refractivity contribution < 1.29 is 4.79 Å². The zero-order valence-corrected chi connectivity index (χ0v) is 10.6. The van der Waals surface area contributed by atoms with Crippen LogP contribution in [0.4, 0.5) is 0 Å². The zero-order valence-electron chi connectivity index (χ0n) is 10.6. The molecule has 1 saturated carbocycles. The lowest BCUT2D eigenvalue weighted by molar-refractivity contribution is -0.120. The molecule has 0 aromatic heterocycles. The molecule has 0 radical (unpaired) electrons. The number of aryl methyl sites for hydroxylation is 1. The van der Waals surface area contributed by atoms with E-state index in [1.165, 1.54) is 11.1 Å². The maximum absolute atomic E-state index is 11.4. The molecule has 0 aliphatic heterocycles. The minimum Gasteiger partial charge on any atom is -0.299 e. The average molecular weight is 218 g/mol. The molecule has 1 fully saturated rings. The van der Waals surface area contributed by atoms with Crippen LogP contribution in [0.3, 0.4) is 0 Å². The van der Waals surface area contributed by atoms with Crippen molar-refractivity contribution in [2.75, 3.05) is 0 Å². The van der Waals surface area contributed by atoms with Gasteiger partial charge in [0.15, 0.2) is 0 Å². The van der Waals surface area contributed by atoms with E-state index < -0.39 is 0 Å². The summed E-state index contributed by atoms with van der Waals surface area (Å²) in [6.45, 7) is 6.09. The molecule has 0 bridgehead atoms. The van der Waals surface area contributed by atoms with Crippen LogP contribution < -0.4 is 0 Å². The first-order chi connectivity index (χ1) is 7.75. The van der Waals surface area contributed by atoms with Crippen molar-refractivity contribution in [3.8, 4) is 0 Å². The lowest BCUT2D eigenvalue weighted by atomic mass is 9.97. The van der Waals surface area contributed by atoms with Crippen LogP contribution in [0.25, 0.3) is 0 Å². The van der Waals surface area contributed by atoms with Crippen molar-refractivity contribution in [2.45, 2.75) is 46.5 Å². The molecule has 1 nitrogen and oxygen atoms in total. The predicted molar refractivity (Wildman–Crippen MR) is 68.6 cm³/mol. The fourth-order valence-corrected chi connectivity index (χ4v) is 2.11. The lowest BCUT2D eigenvalue weighted by Crippen LogP contribution is -2.09. The Hall–Kier alpha value is -1.11. The van der Waals surface area contributed by atoms with Gasteiger partial charge in [0, 0.05) is 12.3 Å². The standard InChI is InChI=1S/C13H16O.C2H6/c1-10-5-7-11(8-6-10)9-12-3-2-4-13(12)14;1-2/h5-8,12H,2-4,9H2,1H3;1-2H3. The highest BCUT2D eigenvalue weighted by atomic mass is 16.1. The van der Waals surface area contributed by atoms with Crippen LogP contribution in [0.5, 0.6) is 0 Å². The molecule has 1 heteroatoms. The number of benzene rings is 1. The number of carbonyl (C=O) groups is 1. The molecule has 1 aliphatic rings. The molecule has 0 heterocycles. The smallest absolute Gasteiger partial charge is 0.136 e. The SMILES string of the molecule is CC.Cc1ccc(CC2CCCC2=O)cc1. The van der Waals surface area contributed by atoms with Crippen LogP contribution in [0.1, 0.15) is 44.2 Å². The van der Waals surface area contributed by atoms with Gasteiger partial charge in [-0.15, -0.1) is 0 Å². The van der Waals surface area contributed by atoms with Crippen molar-refractivity contribution in [1.29, 1.82) is 0 Å². The molecule has 16 heavy (non-hydrogen) atoms. The second-order valence-electron chi connectivity index (χ2n) is 4.25. The first-order valence-electron chi connectivity index (χ1n) is 6.34. The number of hydrogen-bond donors (Lipinski definition) is 0. The Morgan fingerprint density at radius 2 is 1.81 bits per heavy atom. The molecule has 0 N–H and O–H groups in total. The van der Waals surface area contributed by atoms with E-state index in [1.807, 2.05) is 13.8 Å². The normalized spacial score (nSPS) is 19.2. The molecule has 1 aromatic rings. The summed E-state index contributed by atoms with van der Waals surface area (Å²) in [5.74, 6) is 0.767. The Balaban J connectivity index is 0.000000606. The predicted octanol–water partition coefficient (Wildman–Crippen LogP) is 3.93. The summed E-state index contributed by atoms with van der Waals surface area (Å²) in [4.78, 5) is 11.4. The van der Waals surface area contributed by atoms with Gasteiger partial charge in [-0.2, -0.15) is 0 Å². The van der Waals surface area contributed by atoms with Gasteiger partial charge < -0.3 is 0 Å². The molecule has 1 atom stereocenters. The third kappa shape index (κ3) is 3.48. The van der Waals surface area contributed by atoms with E-state index in [-0.39, 0.29) is 0 Å². The van der Waals surface area contributed by atoms with E-state index in [9.17, 15) is 4.79 Å². The zero-order chi connectivity index (χ0) is 12.0. The molecule has 0 amide bonds. The molecule has 0 saturated heterocycles. The highest BCUT2D eigenvalue weighted by molar-refractivity contribution is 5.83. The van der Waals surface area contributed by atoms with Crippen molar-refractivity contribution >= 4 is 5.78 Å². The third-order valence-electron chi connectivity index (χ3n) is 3.03. The number of hydrogen-bond acceptors (Lipinski definition) is 1. The van der Waals surface area contributed by atoms with Gasteiger partial charge >= 0.3 is 0 Å². The second-order valence-corrected chi connectivity index (χ2v) is 4.25. The topological polar surface area (TPSA) is 17.1 Å². The summed E-state index contributed by atoms with van der Waals surface area (Å²) < 4.78 is 0. The van der Waals surface area contributed by atoms with Gasteiger partial charge in [-0.05, 0) is 31.7 Å². The van der Waals surface area contributed by atoms with Gasteiger partial charge in [0.1, 0.15) is 5.78 Å². The molecule has 2 rings (SSSR count). The quantitative estimate of drug-likeness (QED) is 0.735. The fraction of sp³-hybridized carbons (Fsp3) is 0.533. The molecule has 1 unspecified atom stereocenters. The minimum atomic E-state index is 0.303. The van der Waals surface area contributed by atoms with Gasteiger partial charge in [-0.25, -0.2) is 0 Å². The highest BCUT2D eigenvalue weighted by Crippen LogP contribution is 2.24. The largest absolute Gasteiger partial charge is 0.299 e. The highest BCUT2D eigenvalue weighted by Gasteiger charge is 2.23. The Labute approximate surface area is 98.9 Å². The Kier molecular flexibility index (Phi) is 5.24. The van der Waals surface area contributed by atoms with E-state index in [0.29, 0.717) is 11.7 Å². The van der Waals surface area contributed by atoms with E-state index >= 15 is 0 Å². The average Bonchev–Trinajstić information content (AvgIpc) is 2.71. The Bertz CT molecular complexity index is 324. The van der Waals surface area contributed by atoms with Crippen LogP contribution in [-0.4, -0.2) is 5.78 Å². The number of ketones is 1. The minimum absolute atomic E-state index is 0.303. The number of carbonyl (C=O) groups excluding carboxylic acids is 1. The molecular formula is C15H22O. The second kappa shape index (κ2) is 6.47. The van der Waals surface area contributed by atoms with Crippen molar-refractivity contribution in [1.82, 2.24) is 0 Å². The van der Waals surface area contributed by atoms with Gasteiger partial charge in [0.05, 0.1) is 0 Å². The van der Waals surface area contributed by atoms with E-state index in [2.05, 4.69) is 31.2 Å². The monoisotopic (exact) mass is 218 g/mol. The maximum atomic E-state index is 11.4. The summed E-state index contributed by atoms with van der Waals surface area (Å²) >= 11 is 0. The summed E-state index contributed by atoms with van der Waals surface area (Å²) in [6, 6.07) is 8.52. The van der Waals surface area contributed by atoms with Crippen molar-refractivity contribution in [3.63, 3.8) is 0 Å². The van der Waals surface area contributed by atoms with Crippen LogP contribution in [-0.2, 0) is 11.2 Å². The maximum Gasteiger partial charge on any atom is 0.136 e. The number of Topliss-reactive ketones (excluding diaryl/α,β-unsaturated/α-hetero) is 1.